The van der Waals surface area contributed by atoms with E-state index < -0.39 is 12.1 Å². The monoisotopic (exact) mass is 557 g/mol. The third kappa shape index (κ3) is 27.6. The minimum atomic E-state index is -0.865. The Kier molecular flexibility index (Phi) is 30.1. The Morgan fingerprint density at radius 1 is 0.600 bits per heavy atom. The zero-order chi connectivity index (χ0) is 29.4. The second-order valence-electron chi connectivity index (χ2n) is 10.9. The quantitative estimate of drug-likeness (QED) is 0.0663. The average molecular weight is 558 g/mol. The molecule has 0 aliphatic heterocycles. The molecule has 2 atom stereocenters. The van der Waals surface area contributed by atoms with Gasteiger partial charge in [-0.15, -0.1) is 0 Å². The van der Waals surface area contributed by atoms with Crippen molar-refractivity contribution in [2.45, 2.75) is 154 Å². The summed E-state index contributed by atoms with van der Waals surface area (Å²) in [5.41, 5.74) is 0. The van der Waals surface area contributed by atoms with Gasteiger partial charge in [0.25, 0.3) is 0 Å². The fourth-order valence-corrected chi connectivity index (χ4v) is 4.38. The van der Waals surface area contributed by atoms with Gasteiger partial charge in [0.15, 0.2) is 0 Å². The normalized spacial score (nSPS) is 14.0. The lowest BCUT2D eigenvalue weighted by molar-refractivity contribution is -0.123. The maximum absolute atomic E-state index is 12.2. The van der Waals surface area contributed by atoms with E-state index in [-0.39, 0.29) is 12.5 Å². The van der Waals surface area contributed by atoms with Crippen LogP contribution >= 0.6 is 0 Å². The molecule has 40 heavy (non-hydrogen) atoms. The molecule has 0 aromatic rings. The molecule has 4 nitrogen and oxygen atoms in total. The number of rotatable bonds is 28. The van der Waals surface area contributed by atoms with Crippen molar-refractivity contribution in [3.05, 3.63) is 60.8 Å². The summed E-state index contributed by atoms with van der Waals surface area (Å²) >= 11 is 0. The molecule has 230 valence electrons. The highest BCUT2D eigenvalue weighted by Gasteiger charge is 2.17. The summed E-state index contributed by atoms with van der Waals surface area (Å²) in [5.74, 6) is -0.0954. The van der Waals surface area contributed by atoms with Crippen molar-refractivity contribution in [3.8, 4) is 0 Å². The molecule has 1 amide bonds. The Morgan fingerprint density at radius 3 is 1.70 bits per heavy atom. The first kappa shape index (κ1) is 38.1. The van der Waals surface area contributed by atoms with Crippen molar-refractivity contribution in [2.75, 3.05) is 6.61 Å². The summed E-state index contributed by atoms with van der Waals surface area (Å²) in [6, 6.07) is -0.644. The van der Waals surface area contributed by atoms with Crippen molar-refractivity contribution < 1.29 is 15.0 Å². The molecule has 0 saturated heterocycles. The van der Waals surface area contributed by atoms with E-state index >= 15 is 0 Å². The van der Waals surface area contributed by atoms with Gasteiger partial charge in [0.05, 0.1) is 18.8 Å². The predicted octanol–water partition coefficient (Wildman–Crippen LogP) is 9.45. The molecule has 0 aliphatic carbocycles. The van der Waals surface area contributed by atoms with Crippen LogP contribution in [-0.4, -0.2) is 34.9 Å². The van der Waals surface area contributed by atoms with E-state index in [2.05, 4.69) is 67.8 Å². The van der Waals surface area contributed by atoms with Crippen LogP contribution in [0.2, 0.25) is 0 Å². The number of aliphatic hydroxyl groups excluding tert-OH is 2. The van der Waals surface area contributed by atoms with Crippen LogP contribution in [0.4, 0.5) is 0 Å². The molecule has 0 rings (SSSR count). The van der Waals surface area contributed by atoms with Gasteiger partial charge in [0.1, 0.15) is 0 Å². The number of aliphatic hydroxyl groups is 2. The summed E-state index contributed by atoms with van der Waals surface area (Å²) in [5, 5.41) is 22.6. The van der Waals surface area contributed by atoms with Gasteiger partial charge in [0.2, 0.25) is 5.91 Å². The second-order valence-corrected chi connectivity index (χ2v) is 10.9. The Bertz CT molecular complexity index is 692. The number of nitrogens with one attached hydrogen (secondary N) is 1. The van der Waals surface area contributed by atoms with Gasteiger partial charge < -0.3 is 15.5 Å². The van der Waals surface area contributed by atoms with Crippen LogP contribution in [0.5, 0.6) is 0 Å². The largest absolute Gasteiger partial charge is 0.394 e. The first-order valence-electron chi connectivity index (χ1n) is 16.5. The lowest BCUT2D eigenvalue weighted by Crippen LogP contribution is -2.45. The van der Waals surface area contributed by atoms with Gasteiger partial charge in [-0.1, -0.05) is 132 Å². The van der Waals surface area contributed by atoms with Crippen molar-refractivity contribution in [1.82, 2.24) is 5.32 Å². The Balaban J connectivity index is 3.67. The van der Waals surface area contributed by atoms with E-state index in [4.69, 9.17) is 0 Å². The molecule has 0 bridgehead atoms. The third-order valence-electron chi connectivity index (χ3n) is 6.95. The smallest absolute Gasteiger partial charge is 0.220 e. The van der Waals surface area contributed by atoms with Crippen LogP contribution in [0, 0.1) is 0 Å². The van der Waals surface area contributed by atoms with Gasteiger partial charge in [-0.3, -0.25) is 4.79 Å². The summed E-state index contributed by atoms with van der Waals surface area (Å²) in [4.78, 5) is 12.2. The molecule has 0 aliphatic rings. The van der Waals surface area contributed by atoms with Crippen LogP contribution in [-0.2, 0) is 4.79 Å². The minimum absolute atomic E-state index is 0.0954. The Morgan fingerprint density at radius 2 is 1.10 bits per heavy atom. The van der Waals surface area contributed by atoms with Crippen LogP contribution in [0.1, 0.15) is 142 Å². The van der Waals surface area contributed by atoms with Gasteiger partial charge >= 0.3 is 0 Å². The molecular weight excluding hydrogens is 494 g/mol. The van der Waals surface area contributed by atoms with Gasteiger partial charge in [-0.05, 0) is 64.2 Å². The predicted molar refractivity (Wildman–Crippen MR) is 174 cm³/mol. The maximum atomic E-state index is 12.2. The number of unbranched alkanes of at least 4 members (excludes halogenated alkanes) is 13. The number of carbonyl (C=O) groups excluding carboxylic acids is 1. The topological polar surface area (TPSA) is 69.6 Å². The second kappa shape index (κ2) is 31.6. The van der Waals surface area contributed by atoms with Crippen LogP contribution < -0.4 is 5.32 Å². The van der Waals surface area contributed by atoms with Crippen molar-refractivity contribution >= 4 is 5.91 Å². The standard InChI is InChI=1S/C36H63NO3/c1-3-5-7-9-11-12-13-14-15-16-17-18-19-20-21-22-23-24-26-28-30-32-36(40)37-34(33-38)35(39)31-29-27-25-10-8-6-4-2/h8,10,13-14,16-17,19-20,29,31,34-35,38-39H,3-7,9,11-12,15,18,21-28,30,32-33H2,1-2H3,(H,37,40)/b10-8+,14-13-,17-16-,20-19-,31-29+. The van der Waals surface area contributed by atoms with E-state index in [1.54, 1.807) is 6.08 Å². The highest BCUT2D eigenvalue weighted by Crippen LogP contribution is 2.10. The van der Waals surface area contributed by atoms with Crippen molar-refractivity contribution in [2.24, 2.45) is 0 Å². The van der Waals surface area contributed by atoms with Crippen LogP contribution in [0.3, 0.4) is 0 Å². The number of hydrogen-bond acceptors (Lipinski definition) is 3. The SMILES string of the molecule is CCC/C=C/CC/C=C/C(O)C(CO)NC(=O)CCCCCCCC/C=C\C/C=C\C/C=C\CCCCCCC. The molecule has 0 heterocycles. The molecule has 2 unspecified atom stereocenters. The lowest BCUT2D eigenvalue weighted by atomic mass is 10.1. The molecule has 0 spiro atoms. The molecule has 3 N–H and O–H groups in total. The zero-order valence-electron chi connectivity index (χ0n) is 26.1. The maximum Gasteiger partial charge on any atom is 0.220 e. The number of allylic oxidation sites excluding steroid dienone is 9. The van der Waals surface area contributed by atoms with Gasteiger partial charge in [-0.2, -0.15) is 0 Å². The summed E-state index contributed by atoms with van der Waals surface area (Å²) in [6.07, 6.45) is 43.1. The fraction of sp³-hybridized carbons (Fsp3) is 0.694. The van der Waals surface area contributed by atoms with Crippen molar-refractivity contribution in [3.63, 3.8) is 0 Å². The van der Waals surface area contributed by atoms with Gasteiger partial charge in [-0.25, -0.2) is 0 Å². The van der Waals surface area contributed by atoms with Crippen LogP contribution in [0.25, 0.3) is 0 Å². The number of carbonyl (C=O) groups is 1. The third-order valence-corrected chi connectivity index (χ3v) is 6.95. The van der Waals surface area contributed by atoms with E-state index in [0.717, 1.165) is 64.2 Å². The first-order valence-corrected chi connectivity index (χ1v) is 16.5. The summed E-state index contributed by atoms with van der Waals surface area (Å²) in [7, 11) is 0. The fourth-order valence-electron chi connectivity index (χ4n) is 4.38. The summed E-state index contributed by atoms with van der Waals surface area (Å²) < 4.78 is 0. The highest BCUT2D eigenvalue weighted by molar-refractivity contribution is 5.76. The summed E-state index contributed by atoms with van der Waals surface area (Å²) in [6.45, 7) is 4.15. The Labute approximate surface area is 247 Å². The molecular formula is C36H63NO3. The molecule has 0 radical (unpaired) electrons. The van der Waals surface area contributed by atoms with Gasteiger partial charge in [0, 0.05) is 6.42 Å². The molecule has 0 fully saturated rings. The van der Waals surface area contributed by atoms with E-state index in [0.29, 0.717) is 6.42 Å². The molecule has 0 aromatic heterocycles. The number of hydrogen-bond donors (Lipinski definition) is 3. The van der Waals surface area contributed by atoms with E-state index in [1.807, 2.05) is 6.08 Å². The number of amides is 1. The average Bonchev–Trinajstić information content (AvgIpc) is 2.96. The lowest BCUT2D eigenvalue weighted by Gasteiger charge is -2.19. The van der Waals surface area contributed by atoms with Crippen molar-refractivity contribution in [1.29, 1.82) is 0 Å². The first-order chi connectivity index (χ1) is 19.7. The molecule has 0 saturated carbocycles. The minimum Gasteiger partial charge on any atom is -0.394 e. The highest BCUT2D eigenvalue weighted by atomic mass is 16.3. The Hall–Kier alpha value is -1.91. The zero-order valence-corrected chi connectivity index (χ0v) is 26.1. The van der Waals surface area contributed by atoms with E-state index in [9.17, 15) is 15.0 Å². The van der Waals surface area contributed by atoms with E-state index in [1.165, 1.54) is 57.8 Å². The van der Waals surface area contributed by atoms with Crippen LogP contribution in [0.15, 0.2) is 60.8 Å². The molecule has 0 aromatic carbocycles. The molecule has 4 heteroatoms.